The molecular weight excluding hydrogens is 190 g/mol. The van der Waals surface area contributed by atoms with Gasteiger partial charge in [-0.2, -0.15) is 5.10 Å². The lowest BCUT2D eigenvalue weighted by atomic mass is 9.86. The molecule has 82 valence electrons. The molecule has 2 rings (SSSR count). The van der Waals surface area contributed by atoms with Gasteiger partial charge in [0.2, 0.25) is 5.91 Å². The molecular formula is C11H17N3O. The van der Waals surface area contributed by atoms with Gasteiger partial charge in [0.05, 0.1) is 0 Å². The van der Waals surface area contributed by atoms with Crippen LogP contribution < -0.4 is 5.32 Å². The highest BCUT2D eigenvalue weighted by molar-refractivity contribution is 5.81. The molecule has 1 N–H and O–H groups in total. The zero-order valence-corrected chi connectivity index (χ0v) is 9.45. The van der Waals surface area contributed by atoms with Crippen LogP contribution in [0.25, 0.3) is 0 Å². The third-order valence-electron chi connectivity index (χ3n) is 3.13. The molecule has 4 heteroatoms. The second kappa shape index (κ2) is 3.36. The van der Waals surface area contributed by atoms with Crippen molar-refractivity contribution >= 4 is 5.91 Å². The van der Waals surface area contributed by atoms with Crippen molar-refractivity contribution in [3.05, 3.63) is 18.0 Å². The first-order chi connectivity index (χ1) is 7.04. The zero-order chi connectivity index (χ0) is 11.1. The Hall–Kier alpha value is -1.32. The lowest BCUT2D eigenvalue weighted by Gasteiger charge is -2.26. The molecule has 1 amide bonds. The average molecular weight is 207 g/mol. The van der Waals surface area contributed by atoms with E-state index in [9.17, 15) is 4.79 Å². The number of rotatable bonds is 2. The summed E-state index contributed by atoms with van der Waals surface area (Å²) in [6.45, 7) is 7.04. The summed E-state index contributed by atoms with van der Waals surface area (Å²) in [5.74, 6) is 0.362. The van der Waals surface area contributed by atoms with E-state index in [-0.39, 0.29) is 17.4 Å². The van der Waals surface area contributed by atoms with Crippen LogP contribution in [0, 0.1) is 0 Å². The Bertz CT molecular complexity index is 381. The molecule has 0 spiro atoms. The molecule has 1 atom stereocenters. The van der Waals surface area contributed by atoms with E-state index in [2.05, 4.69) is 31.2 Å². The molecule has 1 saturated heterocycles. The summed E-state index contributed by atoms with van der Waals surface area (Å²) in [6.07, 6.45) is 2.37. The van der Waals surface area contributed by atoms with Crippen LogP contribution in [0.1, 0.15) is 38.8 Å². The lowest BCUT2D eigenvalue weighted by Crippen LogP contribution is -2.39. The summed E-state index contributed by atoms with van der Waals surface area (Å²) in [5, 5.41) is 7.25. The number of nitrogens with one attached hydrogen (secondary N) is 1. The summed E-state index contributed by atoms with van der Waals surface area (Å²) in [5.41, 5.74) is 0.991. The van der Waals surface area contributed by atoms with Gasteiger partial charge in [0, 0.05) is 36.3 Å². The average Bonchev–Trinajstić information content (AvgIpc) is 2.68. The van der Waals surface area contributed by atoms with E-state index in [0.717, 1.165) is 12.2 Å². The van der Waals surface area contributed by atoms with E-state index in [1.807, 2.05) is 10.7 Å². The van der Waals surface area contributed by atoms with Crippen molar-refractivity contribution in [2.75, 3.05) is 0 Å². The van der Waals surface area contributed by atoms with Crippen LogP contribution in [-0.4, -0.2) is 21.2 Å². The van der Waals surface area contributed by atoms with Crippen molar-refractivity contribution in [3.63, 3.8) is 0 Å². The third kappa shape index (κ3) is 1.64. The molecule has 4 nitrogen and oxygen atoms in total. The Labute approximate surface area is 89.7 Å². The number of hydrogen-bond donors (Lipinski definition) is 1. The third-order valence-corrected chi connectivity index (χ3v) is 3.13. The van der Waals surface area contributed by atoms with Gasteiger partial charge in [-0.25, -0.2) is 0 Å². The van der Waals surface area contributed by atoms with Gasteiger partial charge in [0.1, 0.15) is 0 Å². The van der Waals surface area contributed by atoms with E-state index in [0.29, 0.717) is 6.42 Å². The predicted molar refractivity (Wildman–Crippen MR) is 57.5 cm³/mol. The minimum absolute atomic E-state index is 0.133. The molecule has 0 bridgehead atoms. The minimum atomic E-state index is -0.163. The van der Waals surface area contributed by atoms with Gasteiger partial charge >= 0.3 is 0 Å². The highest BCUT2D eigenvalue weighted by atomic mass is 16.2. The maximum absolute atomic E-state index is 11.4. The maximum atomic E-state index is 11.4. The summed E-state index contributed by atoms with van der Waals surface area (Å²) in [7, 11) is 0. The Kier molecular flexibility index (Phi) is 2.29. The van der Waals surface area contributed by atoms with Gasteiger partial charge in [-0.15, -0.1) is 0 Å². The summed E-state index contributed by atoms with van der Waals surface area (Å²) in [4.78, 5) is 11.4. The Morgan fingerprint density at radius 2 is 2.40 bits per heavy atom. The van der Waals surface area contributed by atoms with Crippen molar-refractivity contribution in [1.82, 2.24) is 15.1 Å². The molecule has 1 unspecified atom stereocenters. The van der Waals surface area contributed by atoms with Crippen LogP contribution in [0.2, 0.25) is 0 Å². The van der Waals surface area contributed by atoms with Crippen LogP contribution in [0.5, 0.6) is 0 Å². The number of carbonyl (C=O) groups is 1. The molecule has 15 heavy (non-hydrogen) atoms. The van der Waals surface area contributed by atoms with E-state index in [1.54, 1.807) is 6.20 Å². The second-order valence-corrected chi connectivity index (χ2v) is 4.60. The number of hydrogen-bond acceptors (Lipinski definition) is 2. The minimum Gasteiger partial charge on any atom is -0.351 e. The van der Waals surface area contributed by atoms with Gasteiger partial charge in [-0.05, 0) is 26.8 Å². The van der Waals surface area contributed by atoms with Crippen molar-refractivity contribution in [3.8, 4) is 0 Å². The molecule has 0 aliphatic carbocycles. The van der Waals surface area contributed by atoms with Crippen LogP contribution in [0.15, 0.2) is 12.3 Å². The van der Waals surface area contributed by atoms with Crippen LogP contribution in [0.3, 0.4) is 0 Å². The van der Waals surface area contributed by atoms with Gasteiger partial charge in [0.25, 0.3) is 0 Å². The van der Waals surface area contributed by atoms with Gasteiger partial charge < -0.3 is 5.32 Å². The highest BCUT2D eigenvalue weighted by Gasteiger charge is 2.41. The topological polar surface area (TPSA) is 46.9 Å². The number of aryl methyl sites for hydroxylation is 1. The predicted octanol–water partition coefficient (Wildman–Crippen LogP) is 1.29. The normalized spacial score (nSPS) is 24.2. The highest BCUT2D eigenvalue weighted by Crippen LogP contribution is 2.35. The quantitative estimate of drug-likeness (QED) is 0.794. The molecule has 1 aliphatic rings. The molecule has 0 radical (unpaired) electrons. The van der Waals surface area contributed by atoms with Gasteiger partial charge in [0.15, 0.2) is 0 Å². The van der Waals surface area contributed by atoms with Crippen LogP contribution in [0.4, 0.5) is 0 Å². The molecule has 1 fully saturated rings. The first kappa shape index (κ1) is 10.2. The largest absolute Gasteiger partial charge is 0.351 e. The first-order valence-corrected chi connectivity index (χ1v) is 5.37. The molecule has 1 aliphatic heterocycles. The second-order valence-electron chi connectivity index (χ2n) is 4.60. The van der Waals surface area contributed by atoms with E-state index < -0.39 is 0 Å². The molecule has 0 saturated carbocycles. The Morgan fingerprint density at radius 1 is 1.67 bits per heavy atom. The van der Waals surface area contributed by atoms with E-state index in [1.165, 1.54) is 0 Å². The van der Waals surface area contributed by atoms with E-state index >= 15 is 0 Å². The number of nitrogens with zero attached hydrogens (tertiary/aromatic N) is 2. The van der Waals surface area contributed by atoms with Gasteiger partial charge in [-0.1, -0.05) is 0 Å². The fraction of sp³-hybridized carbons (Fsp3) is 0.636. The Morgan fingerprint density at radius 3 is 2.93 bits per heavy atom. The molecule has 1 aromatic heterocycles. The smallest absolute Gasteiger partial charge is 0.221 e. The van der Waals surface area contributed by atoms with Gasteiger partial charge in [-0.3, -0.25) is 9.48 Å². The van der Waals surface area contributed by atoms with Crippen LogP contribution in [-0.2, 0) is 11.3 Å². The maximum Gasteiger partial charge on any atom is 0.221 e. The number of amides is 1. The van der Waals surface area contributed by atoms with E-state index in [4.69, 9.17) is 0 Å². The fourth-order valence-electron chi connectivity index (χ4n) is 2.32. The lowest BCUT2D eigenvalue weighted by molar-refractivity contribution is -0.119. The summed E-state index contributed by atoms with van der Waals surface area (Å²) in [6, 6.07) is 2.01. The zero-order valence-electron chi connectivity index (χ0n) is 9.45. The van der Waals surface area contributed by atoms with Crippen LogP contribution >= 0.6 is 0 Å². The molecule has 1 aromatic rings. The van der Waals surface area contributed by atoms with Crippen molar-refractivity contribution in [2.24, 2.45) is 0 Å². The SMILES string of the molecule is CCn1nccc1C1CC(=O)NC1(C)C. The fourth-order valence-corrected chi connectivity index (χ4v) is 2.32. The molecule has 2 heterocycles. The Balaban J connectivity index is 2.35. The van der Waals surface area contributed by atoms with Crippen molar-refractivity contribution < 1.29 is 4.79 Å². The van der Waals surface area contributed by atoms with Crippen molar-refractivity contribution in [1.29, 1.82) is 0 Å². The monoisotopic (exact) mass is 207 g/mol. The van der Waals surface area contributed by atoms with Crippen molar-refractivity contribution in [2.45, 2.75) is 45.2 Å². The summed E-state index contributed by atoms with van der Waals surface area (Å²) >= 11 is 0. The molecule has 0 aromatic carbocycles. The summed E-state index contributed by atoms with van der Waals surface area (Å²) < 4.78 is 1.96. The number of aromatic nitrogens is 2. The standard InChI is InChI=1S/C11H17N3O/c1-4-14-9(5-6-12-14)8-7-10(15)13-11(8,2)3/h5-6,8H,4,7H2,1-3H3,(H,13,15). The first-order valence-electron chi connectivity index (χ1n) is 5.37. The number of carbonyl (C=O) groups excluding carboxylic acids is 1.